The van der Waals surface area contributed by atoms with E-state index in [1.165, 1.54) is 0 Å². The maximum Gasteiger partial charge on any atom is 0.0992 e. The first-order valence-electron chi connectivity index (χ1n) is 5.21. The Morgan fingerprint density at radius 2 is 2.31 bits per heavy atom. The van der Waals surface area contributed by atoms with Gasteiger partial charge < -0.3 is 5.32 Å². The number of halogens is 1. The topological polar surface area (TPSA) is 35.8 Å². The molecule has 1 unspecified atom stereocenters. The maximum absolute atomic E-state index is 8.72. The standard InChI is InChI=1S/C12H15ClN2S/c1-3-16-8-9(2)15-12-5-4-10(7-14)6-11(12)13/h4-6,9,15H,3,8H2,1-2H3. The van der Waals surface area contributed by atoms with Crippen molar-refractivity contribution in [3.63, 3.8) is 0 Å². The second kappa shape index (κ2) is 6.67. The highest BCUT2D eigenvalue weighted by Crippen LogP contribution is 2.23. The van der Waals surface area contributed by atoms with E-state index in [1.54, 1.807) is 12.1 Å². The molecule has 0 saturated carbocycles. The monoisotopic (exact) mass is 254 g/mol. The van der Waals surface area contributed by atoms with E-state index < -0.39 is 0 Å². The Bertz CT molecular complexity index is 387. The average molecular weight is 255 g/mol. The van der Waals surface area contributed by atoms with Crippen LogP contribution in [0.2, 0.25) is 5.02 Å². The van der Waals surface area contributed by atoms with E-state index in [9.17, 15) is 0 Å². The minimum Gasteiger partial charge on any atom is -0.381 e. The van der Waals surface area contributed by atoms with Gasteiger partial charge in [-0.25, -0.2) is 0 Å². The number of nitriles is 1. The first kappa shape index (κ1) is 13.2. The largest absolute Gasteiger partial charge is 0.381 e. The molecule has 1 N–H and O–H groups in total. The van der Waals surface area contributed by atoms with E-state index in [4.69, 9.17) is 16.9 Å². The third-order valence-corrected chi connectivity index (χ3v) is 3.53. The third-order valence-electron chi connectivity index (χ3n) is 2.07. The fraction of sp³-hybridized carbons (Fsp3) is 0.417. The molecule has 4 heteroatoms. The Kier molecular flexibility index (Phi) is 5.51. The summed E-state index contributed by atoms with van der Waals surface area (Å²) in [7, 11) is 0. The van der Waals surface area contributed by atoms with Crippen molar-refractivity contribution in [3.05, 3.63) is 28.8 Å². The van der Waals surface area contributed by atoms with Crippen LogP contribution in [0.5, 0.6) is 0 Å². The Labute approximate surface area is 106 Å². The summed E-state index contributed by atoms with van der Waals surface area (Å²) in [6.07, 6.45) is 0. The molecule has 0 aliphatic heterocycles. The molecule has 86 valence electrons. The van der Waals surface area contributed by atoms with Crippen LogP contribution in [-0.2, 0) is 0 Å². The molecule has 0 saturated heterocycles. The number of hydrogen-bond donors (Lipinski definition) is 1. The summed E-state index contributed by atoms with van der Waals surface area (Å²) in [6.45, 7) is 4.27. The predicted molar refractivity (Wildman–Crippen MR) is 72.3 cm³/mol. The fourth-order valence-corrected chi connectivity index (χ4v) is 2.21. The van der Waals surface area contributed by atoms with Gasteiger partial charge in [0, 0.05) is 11.8 Å². The van der Waals surface area contributed by atoms with E-state index in [1.807, 2.05) is 17.8 Å². The summed E-state index contributed by atoms with van der Waals surface area (Å²) >= 11 is 7.96. The van der Waals surface area contributed by atoms with Crippen molar-refractivity contribution >= 4 is 29.1 Å². The Balaban J connectivity index is 2.64. The Hall–Kier alpha value is -0.850. The van der Waals surface area contributed by atoms with Crippen LogP contribution >= 0.6 is 23.4 Å². The smallest absolute Gasteiger partial charge is 0.0992 e. The fourth-order valence-electron chi connectivity index (χ4n) is 1.30. The van der Waals surface area contributed by atoms with Crippen molar-refractivity contribution in [2.75, 3.05) is 16.8 Å². The molecular formula is C12H15ClN2S. The van der Waals surface area contributed by atoms with Crippen LogP contribution in [0.1, 0.15) is 19.4 Å². The van der Waals surface area contributed by atoms with E-state index in [2.05, 4.69) is 25.2 Å². The first-order chi connectivity index (χ1) is 7.67. The van der Waals surface area contributed by atoms with Crippen LogP contribution in [0.4, 0.5) is 5.69 Å². The molecule has 1 atom stereocenters. The maximum atomic E-state index is 8.72. The predicted octanol–water partition coefficient (Wildman–Crippen LogP) is 3.77. The number of nitrogens with zero attached hydrogens (tertiary/aromatic N) is 1. The van der Waals surface area contributed by atoms with Gasteiger partial charge in [-0.15, -0.1) is 0 Å². The molecule has 0 radical (unpaired) electrons. The minimum atomic E-state index is 0.371. The van der Waals surface area contributed by atoms with E-state index in [0.717, 1.165) is 17.2 Å². The van der Waals surface area contributed by atoms with E-state index >= 15 is 0 Å². The summed E-state index contributed by atoms with van der Waals surface area (Å²) in [5.74, 6) is 2.17. The lowest BCUT2D eigenvalue weighted by Gasteiger charge is -2.15. The van der Waals surface area contributed by atoms with Gasteiger partial charge in [-0.3, -0.25) is 0 Å². The molecule has 16 heavy (non-hydrogen) atoms. The Morgan fingerprint density at radius 1 is 1.56 bits per heavy atom. The summed E-state index contributed by atoms with van der Waals surface area (Å²) in [5.41, 5.74) is 1.48. The highest BCUT2D eigenvalue weighted by Gasteiger charge is 2.05. The van der Waals surface area contributed by atoms with Crippen LogP contribution in [0.15, 0.2) is 18.2 Å². The van der Waals surface area contributed by atoms with Crippen molar-refractivity contribution in [1.82, 2.24) is 0 Å². The van der Waals surface area contributed by atoms with Gasteiger partial charge in [-0.05, 0) is 30.9 Å². The second-order valence-corrected chi connectivity index (χ2v) is 5.24. The van der Waals surface area contributed by atoms with Gasteiger partial charge in [0.1, 0.15) is 0 Å². The van der Waals surface area contributed by atoms with E-state index in [-0.39, 0.29) is 0 Å². The molecule has 0 heterocycles. The normalized spacial score (nSPS) is 11.9. The van der Waals surface area contributed by atoms with Gasteiger partial charge in [-0.1, -0.05) is 18.5 Å². The number of thioether (sulfide) groups is 1. The van der Waals surface area contributed by atoms with Crippen molar-refractivity contribution in [2.24, 2.45) is 0 Å². The zero-order valence-corrected chi connectivity index (χ0v) is 11.0. The molecule has 1 aromatic carbocycles. The number of benzene rings is 1. The van der Waals surface area contributed by atoms with Gasteiger partial charge in [-0.2, -0.15) is 17.0 Å². The van der Waals surface area contributed by atoms with E-state index in [0.29, 0.717) is 16.6 Å². The van der Waals surface area contributed by atoms with Crippen molar-refractivity contribution in [3.8, 4) is 6.07 Å². The van der Waals surface area contributed by atoms with Gasteiger partial charge in [0.15, 0.2) is 0 Å². The molecule has 1 aromatic rings. The lowest BCUT2D eigenvalue weighted by molar-refractivity contribution is 0.913. The first-order valence-corrected chi connectivity index (χ1v) is 6.74. The van der Waals surface area contributed by atoms with Gasteiger partial charge in [0.25, 0.3) is 0 Å². The zero-order valence-electron chi connectivity index (χ0n) is 9.46. The molecule has 0 aromatic heterocycles. The summed E-state index contributed by atoms with van der Waals surface area (Å²) in [6, 6.07) is 7.75. The highest BCUT2D eigenvalue weighted by molar-refractivity contribution is 7.99. The molecule has 0 spiro atoms. The molecule has 0 aliphatic carbocycles. The quantitative estimate of drug-likeness (QED) is 0.869. The van der Waals surface area contributed by atoms with Crippen LogP contribution < -0.4 is 5.32 Å². The van der Waals surface area contributed by atoms with Crippen LogP contribution in [-0.4, -0.2) is 17.5 Å². The number of anilines is 1. The molecule has 0 fully saturated rings. The Morgan fingerprint density at radius 3 is 2.88 bits per heavy atom. The second-order valence-electron chi connectivity index (χ2n) is 3.51. The number of nitrogens with one attached hydrogen (secondary N) is 1. The SMILES string of the molecule is CCSCC(C)Nc1ccc(C#N)cc1Cl. The molecule has 0 amide bonds. The molecule has 0 aliphatic rings. The molecule has 2 nitrogen and oxygen atoms in total. The van der Waals surface area contributed by atoms with Crippen molar-refractivity contribution in [1.29, 1.82) is 5.26 Å². The van der Waals surface area contributed by atoms with Gasteiger partial charge in [0.05, 0.1) is 22.3 Å². The van der Waals surface area contributed by atoms with Gasteiger partial charge >= 0.3 is 0 Å². The summed E-state index contributed by atoms with van der Waals surface area (Å²) in [5, 5.41) is 12.7. The highest BCUT2D eigenvalue weighted by atomic mass is 35.5. The summed E-state index contributed by atoms with van der Waals surface area (Å²) in [4.78, 5) is 0. The lowest BCUT2D eigenvalue weighted by Crippen LogP contribution is -2.18. The van der Waals surface area contributed by atoms with Crippen LogP contribution in [0.3, 0.4) is 0 Å². The minimum absolute atomic E-state index is 0.371. The van der Waals surface area contributed by atoms with Crippen molar-refractivity contribution in [2.45, 2.75) is 19.9 Å². The van der Waals surface area contributed by atoms with Gasteiger partial charge in [0.2, 0.25) is 0 Å². The van der Waals surface area contributed by atoms with Crippen molar-refractivity contribution < 1.29 is 0 Å². The number of rotatable bonds is 5. The molecule has 1 rings (SSSR count). The van der Waals surface area contributed by atoms with Crippen LogP contribution in [0, 0.1) is 11.3 Å². The third kappa shape index (κ3) is 3.96. The molecular weight excluding hydrogens is 240 g/mol. The van der Waals surface area contributed by atoms with Crippen LogP contribution in [0.25, 0.3) is 0 Å². The summed E-state index contributed by atoms with van der Waals surface area (Å²) < 4.78 is 0. The molecule has 0 bridgehead atoms. The zero-order chi connectivity index (χ0) is 12.0. The average Bonchev–Trinajstić information content (AvgIpc) is 2.29. The lowest BCUT2D eigenvalue weighted by atomic mass is 10.2. The number of hydrogen-bond acceptors (Lipinski definition) is 3.